The molecule has 1 saturated heterocycles. The molecule has 19 heavy (non-hydrogen) atoms. The molecule has 0 unspecified atom stereocenters. The molecular weight excluding hydrogens is 280 g/mol. The molecule has 1 aliphatic heterocycles. The first-order valence-electron chi connectivity index (χ1n) is 5.50. The van der Waals surface area contributed by atoms with Crippen LogP contribution in [0.3, 0.4) is 0 Å². The minimum atomic E-state index is -4.20. The van der Waals surface area contributed by atoms with Crippen LogP contribution in [0.5, 0.6) is 0 Å². The first-order chi connectivity index (χ1) is 8.82. The van der Waals surface area contributed by atoms with Crippen molar-refractivity contribution in [1.29, 1.82) is 0 Å². The van der Waals surface area contributed by atoms with E-state index in [1.807, 2.05) is 0 Å². The van der Waals surface area contributed by atoms with Crippen LogP contribution in [0.15, 0.2) is 23.1 Å². The van der Waals surface area contributed by atoms with Crippen molar-refractivity contribution in [2.24, 2.45) is 5.92 Å². The fourth-order valence-electron chi connectivity index (χ4n) is 1.96. The van der Waals surface area contributed by atoms with E-state index >= 15 is 0 Å². The molecule has 0 aliphatic carbocycles. The third kappa shape index (κ3) is 2.59. The van der Waals surface area contributed by atoms with Gasteiger partial charge in [-0.1, -0.05) is 0 Å². The number of carboxylic acid groups (broad SMARTS) is 1. The van der Waals surface area contributed by atoms with Gasteiger partial charge in [-0.2, -0.15) is 4.31 Å². The summed E-state index contributed by atoms with van der Waals surface area (Å²) < 4.78 is 51.6. The predicted molar refractivity (Wildman–Crippen MR) is 60.9 cm³/mol. The average Bonchev–Trinajstić information content (AvgIpc) is 2.82. The van der Waals surface area contributed by atoms with Crippen molar-refractivity contribution in [3.05, 3.63) is 29.8 Å². The molecule has 1 aromatic rings. The lowest BCUT2D eigenvalue weighted by atomic mass is 10.1. The maximum absolute atomic E-state index is 13.5. The van der Waals surface area contributed by atoms with Gasteiger partial charge in [-0.25, -0.2) is 17.2 Å². The van der Waals surface area contributed by atoms with Crippen LogP contribution in [0.25, 0.3) is 0 Å². The molecule has 0 spiro atoms. The lowest BCUT2D eigenvalue weighted by Crippen LogP contribution is -2.30. The Hall–Kier alpha value is -1.54. The smallest absolute Gasteiger partial charge is 0.307 e. The molecule has 1 heterocycles. The van der Waals surface area contributed by atoms with E-state index in [0.717, 1.165) is 16.4 Å². The molecule has 2 rings (SSSR count). The van der Waals surface area contributed by atoms with Gasteiger partial charge >= 0.3 is 5.97 Å². The Morgan fingerprint density at radius 3 is 2.63 bits per heavy atom. The third-order valence-electron chi connectivity index (χ3n) is 3.01. The molecule has 0 aromatic heterocycles. The SMILES string of the molecule is O=C(O)[C@@H]1CCN(S(=O)(=O)c2cc(F)ccc2F)C1. The Kier molecular flexibility index (Phi) is 3.55. The van der Waals surface area contributed by atoms with Crippen LogP contribution in [0.1, 0.15) is 6.42 Å². The van der Waals surface area contributed by atoms with E-state index in [1.165, 1.54) is 0 Å². The lowest BCUT2D eigenvalue weighted by molar-refractivity contribution is -0.141. The van der Waals surface area contributed by atoms with E-state index in [-0.39, 0.29) is 19.5 Å². The van der Waals surface area contributed by atoms with E-state index in [1.54, 1.807) is 0 Å². The number of hydrogen-bond donors (Lipinski definition) is 1. The highest BCUT2D eigenvalue weighted by Crippen LogP contribution is 2.26. The number of rotatable bonds is 3. The number of nitrogens with zero attached hydrogens (tertiary/aromatic N) is 1. The Bertz CT molecular complexity index is 617. The van der Waals surface area contributed by atoms with E-state index < -0.39 is 38.4 Å². The van der Waals surface area contributed by atoms with Crippen molar-refractivity contribution < 1.29 is 27.1 Å². The van der Waals surface area contributed by atoms with Crippen molar-refractivity contribution in [1.82, 2.24) is 4.31 Å². The molecule has 1 aliphatic rings. The summed E-state index contributed by atoms with van der Waals surface area (Å²) in [6, 6.07) is 2.14. The predicted octanol–water partition coefficient (Wildman–Crippen LogP) is 1.06. The van der Waals surface area contributed by atoms with Crippen LogP contribution in [-0.4, -0.2) is 36.9 Å². The summed E-state index contributed by atoms with van der Waals surface area (Å²) in [4.78, 5) is 10.0. The van der Waals surface area contributed by atoms with Crippen LogP contribution < -0.4 is 0 Å². The summed E-state index contributed by atoms with van der Waals surface area (Å²) in [7, 11) is -4.20. The first kappa shape index (κ1) is 13.9. The molecule has 8 heteroatoms. The van der Waals surface area contributed by atoms with Gasteiger partial charge in [0.2, 0.25) is 10.0 Å². The van der Waals surface area contributed by atoms with Crippen LogP contribution in [0.4, 0.5) is 8.78 Å². The fraction of sp³-hybridized carbons (Fsp3) is 0.364. The Labute approximate surface area is 108 Å². The number of carbonyl (C=O) groups is 1. The average molecular weight is 291 g/mol. The Balaban J connectivity index is 2.33. The minimum absolute atomic E-state index is 0.0186. The van der Waals surface area contributed by atoms with Crippen LogP contribution in [-0.2, 0) is 14.8 Å². The normalized spacial score (nSPS) is 20.6. The van der Waals surface area contributed by atoms with Crippen molar-refractivity contribution in [2.75, 3.05) is 13.1 Å². The van der Waals surface area contributed by atoms with Crippen LogP contribution >= 0.6 is 0 Å². The van der Waals surface area contributed by atoms with Crippen molar-refractivity contribution in [3.8, 4) is 0 Å². The minimum Gasteiger partial charge on any atom is -0.481 e. The maximum Gasteiger partial charge on any atom is 0.307 e. The number of carboxylic acids is 1. The lowest BCUT2D eigenvalue weighted by Gasteiger charge is -2.16. The molecule has 104 valence electrons. The van der Waals surface area contributed by atoms with Crippen LogP contribution in [0, 0.1) is 17.6 Å². The van der Waals surface area contributed by atoms with E-state index in [4.69, 9.17) is 5.11 Å². The van der Waals surface area contributed by atoms with E-state index in [0.29, 0.717) is 6.07 Å². The van der Waals surface area contributed by atoms with E-state index in [9.17, 15) is 22.0 Å². The molecule has 5 nitrogen and oxygen atoms in total. The summed E-state index contributed by atoms with van der Waals surface area (Å²) >= 11 is 0. The third-order valence-corrected chi connectivity index (χ3v) is 4.89. The van der Waals surface area contributed by atoms with Gasteiger partial charge in [0.15, 0.2) is 0 Å². The van der Waals surface area contributed by atoms with Gasteiger partial charge in [0.05, 0.1) is 5.92 Å². The van der Waals surface area contributed by atoms with Crippen molar-refractivity contribution >= 4 is 16.0 Å². The second-order valence-corrected chi connectivity index (χ2v) is 6.17. The molecule has 1 fully saturated rings. The Morgan fingerprint density at radius 1 is 1.37 bits per heavy atom. The standard InChI is InChI=1S/C11H11F2NO4S/c12-8-1-2-9(13)10(5-8)19(17,18)14-4-3-7(6-14)11(15)16/h1-2,5,7H,3-4,6H2,(H,15,16)/t7-/m1/s1. The summed E-state index contributed by atoms with van der Waals surface area (Å²) in [5.41, 5.74) is 0. The fourth-order valence-corrected chi connectivity index (χ4v) is 3.54. The highest BCUT2D eigenvalue weighted by molar-refractivity contribution is 7.89. The molecular formula is C11H11F2NO4S. The monoisotopic (exact) mass is 291 g/mol. The number of benzene rings is 1. The van der Waals surface area contributed by atoms with Gasteiger partial charge in [-0.3, -0.25) is 4.79 Å². The summed E-state index contributed by atoms with van der Waals surface area (Å²) in [6.45, 7) is -0.247. The number of sulfonamides is 1. The molecule has 1 aromatic carbocycles. The molecule has 1 N–H and O–H groups in total. The second kappa shape index (κ2) is 4.86. The second-order valence-electron chi connectivity index (χ2n) is 4.26. The number of halogens is 2. The number of hydrogen-bond acceptors (Lipinski definition) is 3. The zero-order valence-electron chi connectivity index (χ0n) is 9.71. The Morgan fingerprint density at radius 2 is 2.05 bits per heavy atom. The highest BCUT2D eigenvalue weighted by Gasteiger charge is 2.37. The zero-order chi connectivity index (χ0) is 14.2. The van der Waals surface area contributed by atoms with Gasteiger partial charge in [-0.15, -0.1) is 0 Å². The van der Waals surface area contributed by atoms with E-state index in [2.05, 4.69) is 0 Å². The van der Waals surface area contributed by atoms with Gasteiger partial charge in [-0.05, 0) is 24.6 Å². The molecule has 0 saturated carbocycles. The zero-order valence-corrected chi connectivity index (χ0v) is 10.5. The van der Waals surface area contributed by atoms with Gasteiger partial charge in [0.25, 0.3) is 0 Å². The van der Waals surface area contributed by atoms with Crippen LogP contribution in [0.2, 0.25) is 0 Å². The maximum atomic E-state index is 13.5. The molecule has 0 radical (unpaired) electrons. The first-order valence-corrected chi connectivity index (χ1v) is 6.94. The summed E-state index contributed by atoms with van der Waals surface area (Å²) in [5, 5.41) is 8.81. The largest absolute Gasteiger partial charge is 0.481 e. The highest BCUT2D eigenvalue weighted by atomic mass is 32.2. The molecule has 1 atom stereocenters. The van der Waals surface area contributed by atoms with Gasteiger partial charge in [0.1, 0.15) is 16.5 Å². The molecule has 0 bridgehead atoms. The summed E-state index contributed by atoms with van der Waals surface area (Å²) in [5.74, 6) is -3.84. The van der Waals surface area contributed by atoms with Gasteiger partial charge in [0, 0.05) is 13.1 Å². The quantitative estimate of drug-likeness (QED) is 0.903. The van der Waals surface area contributed by atoms with Gasteiger partial charge < -0.3 is 5.11 Å². The molecule has 0 amide bonds. The van der Waals surface area contributed by atoms with Crippen molar-refractivity contribution in [3.63, 3.8) is 0 Å². The topological polar surface area (TPSA) is 74.7 Å². The number of aliphatic carboxylic acids is 1. The van der Waals surface area contributed by atoms with Crippen molar-refractivity contribution in [2.45, 2.75) is 11.3 Å². The summed E-state index contributed by atoms with van der Waals surface area (Å²) in [6.07, 6.45) is 0.158.